The topological polar surface area (TPSA) is 52.6 Å². The number of halogens is 2. The first kappa shape index (κ1) is 17.4. The molecular formula is C13H17Cl2O4P. The summed E-state index contributed by atoms with van der Waals surface area (Å²) in [7, 11) is -2.86. The van der Waals surface area contributed by atoms with Gasteiger partial charge in [-0.2, -0.15) is 0 Å². The fourth-order valence-corrected chi connectivity index (χ4v) is 3.39. The number of carbonyl (C=O) groups is 1. The molecule has 0 aliphatic heterocycles. The van der Waals surface area contributed by atoms with Gasteiger partial charge in [-0.15, -0.1) is 0 Å². The Labute approximate surface area is 129 Å². The average Bonchev–Trinajstić information content (AvgIpc) is 2.38. The Hall–Kier alpha value is -0.700. The lowest BCUT2D eigenvalue weighted by atomic mass is 10.3. The van der Waals surface area contributed by atoms with Gasteiger partial charge >= 0.3 is 5.97 Å². The van der Waals surface area contributed by atoms with Gasteiger partial charge in [-0.1, -0.05) is 35.3 Å². The van der Waals surface area contributed by atoms with E-state index in [0.29, 0.717) is 17.7 Å². The van der Waals surface area contributed by atoms with Gasteiger partial charge in [0, 0.05) is 0 Å². The van der Waals surface area contributed by atoms with Crippen molar-refractivity contribution in [2.45, 2.75) is 30.9 Å². The fourth-order valence-electron chi connectivity index (χ4n) is 1.49. The van der Waals surface area contributed by atoms with Crippen molar-refractivity contribution < 1.29 is 18.8 Å². The molecule has 0 spiro atoms. The number of benzene rings is 1. The van der Waals surface area contributed by atoms with Crippen LogP contribution in [0.3, 0.4) is 0 Å². The Morgan fingerprint density at radius 1 is 1.35 bits per heavy atom. The van der Waals surface area contributed by atoms with Crippen molar-refractivity contribution in [2.75, 3.05) is 6.61 Å². The lowest BCUT2D eigenvalue weighted by Gasteiger charge is -2.20. The van der Waals surface area contributed by atoms with E-state index in [9.17, 15) is 9.36 Å². The minimum absolute atomic E-state index is 0.324. The van der Waals surface area contributed by atoms with E-state index < -0.39 is 23.9 Å². The predicted octanol–water partition coefficient (Wildman–Crippen LogP) is 3.35. The first-order valence-electron chi connectivity index (χ1n) is 6.16. The molecule has 0 amide bonds. The molecule has 0 fully saturated rings. The van der Waals surface area contributed by atoms with E-state index in [1.807, 2.05) is 0 Å². The van der Waals surface area contributed by atoms with Crippen LogP contribution in [-0.4, -0.2) is 22.8 Å². The Kier molecular flexibility index (Phi) is 6.38. The number of hydrogen-bond donors (Lipinski definition) is 0. The number of carbonyl (C=O) groups excluding carboxylic acids is 1. The number of hydrogen-bond acceptors (Lipinski definition) is 4. The summed E-state index contributed by atoms with van der Waals surface area (Å²) in [6, 6.07) is 6.64. The third kappa shape index (κ3) is 4.15. The molecule has 1 aromatic carbocycles. The average molecular weight is 339 g/mol. The van der Waals surface area contributed by atoms with E-state index in [1.165, 1.54) is 0 Å². The maximum absolute atomic E-state index is 12.5. The third-order valence-corrected chi connectivity index (χ3v) is 5.33. The molecule has 0 saturated heterocycles. The highest BCUT2D eigenvalue weighted by molar-refractivity contribution is 7.61. The van der Waals surface area contributed by atoms with E-state index in [0.717, 1.165) is 0 Å². The van der Waals surface area contributed by atoms with Crippen LogP contribution in [0, 0.1) is 0 Å². The molecule has 112 valence electrons. The molecule has 1 unspecified atom stereocenters. The van der Waals surface area contributed by atoms with E-state index in [4.69, 9.17) is 32.7 Å². The Morgan fingerprint density at radius 3 is 2.50 bits per heavy atom. The highest BCUT2D eigenvalue weighted by Gasteiger charge is 2.44. The smallest absolute Gasteiger partial charge is 0.350 e. The zero-order chi connectivity index (χ0) is 15.3. The Bertz CT molecular complexity index is 503. The van der Waals surface area contributed by atoms with Gasteiger partial charge in [-0.25, -0.2) is 4.79 Å². The summed E-state index contributed by atoms with van der Waals surface area (Å²) in [5.74, 6) is -0.507. The van der Waals surface area contributed by atoms with Crippen molar-refractivity contribution in [3.8, 4) is 5.75 Å². The Morgan fingerprint density at radius 2 is 1.95 bits per heavy atom. The highest BCUT2D eigenvalue weighted by atomic mass is 35.5. The van der Waals surface area contributed by atoms with Crippen molar-refractivity contribution >= 4 is 42.3 Å². The summed E-state index contributed by atoms with van der Waals surface area (Å²) in [6.07, 6.45) is -0.392. The van der Waals surface area contributed by atoms with Crippen molar-refractivity contribution in [3.63, 3.8) is 0 Å². The molecule has 4 nitrogen and oxygen atoms in total. The van der Waals surface area contributed by atoms with Gasteiger partial charge in [-0.3, -0.25) is 0 Å². The maximum Gasteiger partial charge on any atom is 0.350 e. The van der Waals surface area contributed by atoms with Gasteiger partial charge in [-0.05, 0) is 32.9 Å². The summed E-state index contributed by atoms with van der Waals surface area (Å²) >= 11 is 11.9. The molecule has 0 aromatic heterocycles. The van der Waals surface area contributed by atoms with Crippen molar-refractivity contribution in [2.24, 2.45) is 0 Å². The van der Waals surface area contributed by atoms with Crippen LogP contribution in [0.25, 0.3) is 0 Å². The minimum atomic E-state index is -2.86. The molecule has 1 aromatic rings. The first-order valence-corrected chi connectivity index (χ1v) is 8.32. The van der Waals surface area contributed by atoms with Gasteiger partial charge in [0.2, 0.25) is 0 Å². The summed E-state index contributed by atoms with van der Waals surface area (Å²) in [6.45, 7) is 5.52. The van der Waals surface area contributed by atoms with E-state index >= 15 is 0 Å². The number of alkyl halides is 2. The summed E-state index contributed by atoms with van der Waals surface area (Å²) < 4.78 is 20.7. The van der Waals surface area contributed by atoms with Gasteiger partial charge in [0.25, 0.3) is 4.07 Å². The molecule has 0 N–H and O–H groups in total. The number of para-hydroxylation sites is 1. The van der Waals surface area contributed by atoms with E-state index in [-0.39, 0.29) is 0 Å². The molecule has 1 rings (SSSR count). The standard InChI is InChI=1S/C13H17Cl2O4P/c1-4-18-10-7-5-6-8-11(10)20(17)13(14,15)12(16)19-9(2)3/h5-9,20H,4H2,1-3H3. The minimum Gasteiger partial charge on any atom is -0.493 e. The number of rotatable bonds is 6. The molecule has 0 aliphatic rings. The predicted molar refractivity (Wildman–Crippen MR) is 81.9 cm³/mol. The number of ether oxygens (including phenoxy) is 2. The normalized spacial score (nSPS) is 13.1. The van der Waals surface area contributed by atoms with Gasteiger partial charge < -0.3 is 14.0 Å². The quantitative estimate of drug-likeness (QED) is 0.453. The molecule has 7 heteroatoms. The van der Waals surface area contributed by atoms with Crippen LogP contribution in [0.15, 0.2) is 24.3 Å². The summed E-state index contributed by atoms with van der Waals surface area (Å²) in [5.41, 5.74) is 0. The maximum atomic E-state index is 12.5. The molecule has 0 radical (unpaired) electrons. The van der Waals surface area contributed by atoms with Crippen LogP contribution in [0.5, 0.6) is 5.75 Å². The van der Waals surface area contributed by atoms with Gasteiger partial charge in [0.1, 0.15) is 5.75 Å². The van der Waals surface area contributed by atoms with E-state index in [1.54, 1.807) is 45.0 Å². The second-order valence-electron chi connectivity index (χ2n) is 4.29. The van der Waals surface area contributed by atoms with Crippen LogP contribution >= 0.6 is 31.0 Å². The lowest BCUT2D eigenvalue weighted by molar-refractivity contribution is -0.146. The van der Waals surface area contributed by atoms with Crippen LogP contribution in [0.4, 0.5) is 0 Å². The van der Waals surface area contributed by atoms with Crippen LogP contribution < -0.4 is 10.0 Å². The summed E-state index contributed by atoms with van der Waals surface area (Å²) in [4.78, 5) is 11.9. The zero-order valence-corrected chi connectivity index (χ0v) is 14.0. The SMILES string of the molecule is CCOc1ccccc1[PH](=O)C(Cl)(Cl)C(=O)OC(C)C. The molecule has 0 saturated carbocycles. The Balaban J connectivity index is 3.07. The monoisotopic (exact) mass is 338 g/mol. The highest BCUT2D eigenvalue weighted by Crippen LogP contribution is 2.48. The second-order valence-corrected chi connectivity index (χ2v) is 8.19. The first-order chi connectivity index (χ1) is 9.30. The van der Waals surface area contributed by atoms with Crippen molar-refractivity contribution in [1.29, 1.82) is 0 Å². The number of esters is 1. The molecule has 20 heavy (non-hydrogen) atoms. The van der Waals surface area contributed by atoms with Gasteiger partial charge in [0.05, 0.1) is 18.0 Å². The third-order valence-electron chi connectivity index (χ3n) is 2.32. The largest absolute Gasteiger partial charge is 0.493 e. The fraction of sp³-hybridized carbons (Fsp3) is 0.462. The summed E-state index contributed by atoms with van der Waals surface area (Å²) in [5, 5.41) is 0.324. The zero-order valence-electron chi connectivity index (χ0n) is 11.5. The molecule has 0 aliphatic carbocycles. The molecule has 0 bridgehead atoms. The molecule has 0 heterocycles. The second kappa shape index (κ2) is 7.35. The van der Waals surface area contributed by atoms with Crippen molar-refractivity contribution in [1.82, 2.24) is 0 Å². The lowest BCUT2D eigenvalue weighted by Crippen LogP contribution is -2.30. The molecular weight excluding hydrogens is 322 g/mol. The van der Waals surface area contributed by atoms with Crippen LogP contribution in [0.2, 0.25) is 0 Å². The molecule has 1 atom stereocenters. The van der Waals surface area contributed by atoms with Crippen molar-refractivity contribution in [3.05, 3.63) is 24.3 Å². The van der Waals surface area contributed by atoms with Gasteiger partial charge in [0.15, 0.2) is 7.80 Å². The van der Waals surface area contributed by atoms with E-state index in [2.05, 4.69) is 0 Å². The van der Waals surface area contributed by atoms with Crippen LogP contribution in [-0.2, 0) is 14.1 Å². The van der Waals surface area contributed by atoms with Crippen LogP contribution in [0.1, 0.15) is 20.8 Å².